The molecule has 1 aromatic rings. The lowest BCUT2D eigenvalue weighted by molar-refractivity contribution is 0.598. The van der Waals surface area contributed by atoms with Crippen molar-refractivity contribution < 1.29 is 8.42 Å². The zero-order valence-corrected chi connectivity index (χ0v) is 11.8. The van der Waals surface area contributed by atoms with Crippen LogP contribution in [0.25, 0.3) is 0 Å². The van der Waals surface area contributed by atoms with Gasteiger partial charge in [-0.15, -0.1) is 0 Å². The maximum absolute atomic E-state index is 11.1. The minimum absolute atomic E-state index is 0.153. The van der Waals surface area contributed by atoms with Crippen LogP contribution in [-0.2, 0) is 10.0 Å². The lowest BCUT2D eigenvalue weighted by atomic mass is 10.2. The lowest BCUT2D eigenvalue weighted by Gasteiger charge is -2.21. The first-order valence-electron chi connectivity index (χ1n) is 6.04. The molecule has 2 rings (SSSR count). The third kappa shape index (κ3) is 3.90. The largest absolute Gasteiger partial charge is 0.384 e. The van der Waals surface area contributed by atoms with Gasteiger partial charge < -0.3 is 5.32 Å². The summed E-state index contributed by atoms with van der Waals surface area (Å²) < 4.78 is 22.2. The lowest BCUT2D eigenvalue weighted by Crippen LogP contribution is -2.20. The molecule has 1 aliphatic heterocycles. The van der Waals surface area contributed by atoms with E-state index >= 15 is 0 Å². The van der Waals surface area contributed by atoms with Gasteiger partial charge >= 0.3 is 0 Å². The van der Waals surface area contributed by atoms with Crippen molar-refractivity contribution in [3.63, 3.8) is 0 Å². The zero-order valence-electron chi connectivity index (χ0n) is 10.1. The van der Waals surface area contributed by atoms with E-state index < -0.39 is 10.0 Å². The van der Waals surface area contributed by atoms with E-state index in [4.69, 9.17) is 5.14 Å². The fourth-order valence-electron chi connectivity index (χ4n) is 1.96. The number of primary sulfonamides is 1. The molecule has 1 fully saturated rings. The van der Waals surface area contributed by atoms with Crippen molar-refractivity contribution >= 4 is 27.5 Å². The van der Waals surface area contributed by atoms with Gasteiger partial charge in [0.05, 0.1) is 4.90 Å². The number of rotatable bonds is 4. The van der Waals surface area contributed by atoms with Crippen LogP contribution in [-0.4, -0.2) is 26.0 Å². The Morgan fingerprint density at radius 3 is 2.56 bits per heavy atom. The molecule has 0 amide bonds. The highest BCUT2D eigenvalue weighted by molar-refractivity contribution is 7.99. The molecule has 0 saturated carbocycles. The number of hydrogen-bond donors (Lipinski definition) is 2. The molecule has 1 atom stereocenters. The smallest absolute Gasteiger partial charge is 0.238 e. The normalized spacial score (nSPS) is 20.6. The van der Waals surface area contributed by atoms with Gasteiger partial charge in [-0.2, -0.15) is 11.8 Å². The second-order valence-corrected chi connectivity index (χ2v) is 7.41. The molecular weight excluding hydrogens is 268 g/mol. The Balaban J connectivity index is 1.90. The summed E-state index contributed by atoms with van der Waals surface area (Å²) in [5, 5.41) is 9.05. The topological polar surface area (TPSA) is 72.2 Å². The molecule has 1 heterocycles. The quantitative estimate of drug-likeness (QED) is 0.888. The average molecular weight is 286 g/mol. The molecule has 0 radical (unpaired) electrons. The van der Waals surface area contributed by atoms with Crippen LogP contribution in [0, 0.1) is 0 Å². The molecule has 0 aromatic heterocycles. The van der Waals surface area contributed by atoms with Gasteiger partial charge in [0.25, 0.3) is 0 Å². The molecule has 18 heavy (non-hydrogen) atoms. The fourth-order valence-corrected chi connectivity index (χ4v) is 3.72. The third-order valence-corrected chi connectivity index (χ3v) is 5.32. The maximum Gasteiger partial charge on any atom is 0.238 e. The molecule has 1 aromatic carbocycles. The van der Waals surface area contributed by atoms with Crippen LogP contribution in [0.15, 0.2) is 29.2 Å². The second kappa shape index (κ2) is 5.95. The summed E-state index contributed by atoms with van der Waals surface area (Å²) in [7, 11) is -3.59. The van der Waals surface area contributed by atoms with Gasteiger partial charge in [-0.05, 0) is 42.9 Å². The molecule has 0 spiro atoms. The van der Waals surface area contributed by atoms with E-state index in [9.17, 15) is 8.42 Å². The molecule has 4 nitrogen and oxygen atoms in total. The molecule has 1 unspecified atom stereocenters. The predicted octanol–water partition coefficient (Wildman–Crippen LogP) is 2.03. The first-order valence-corrected chi connectivity index (χ1v) is 8.63. The number of nitrogens with one attached hydrogen (secondary N) is 1. The van der Waals surface area contributed by atoms with Gasteiger partial charge in [0.1, 0.15) is 0 Å². The standard InChI is InChI=1S/C12H18N2O2S2/c13-18(15,16)12-6-4-10(5-7-12)14-9-11-3-1-2-8-17-11/h4-7,11,14H,1-3,8-9H2,(H2,13,15,16). The Kier molecular flexibility index (Phi) is 4.53. The Morgan fingerprint density at radius 1 is 1.28 bits per heavy atom. The van der Waals surface area contributed by atoms with E-state index in [0.717, 1.165) is 12.2 Å². The summed E-state index contributed by atoms with van der Waals surface area (Å²) in [6.45, 7) is 0.930. The van der Waals surface area contributed by atoms with Crippen LogP contribution in [0.4, 0.5) is 5.69 Å². The number of sulfonamides is 1. The Morgan fingerprint density at radius 2 is 2.00 bits per heavy atom. The van der Waals surface area contributed by atoms with E-state index in [0.29, 0.717) is 5.25 Å². The van der Waals surface area contributed by atoms with Gasteiger partial charge in [0.2, 0.25) is 10.0 Å². The van der Waals surface area contributed by atoms with Crippen molar-refractivity contribution in [3.8, 4) is 0 Å². The SMILES string of the molecule is NS(=O)(=O)c1ccc(NCC2CCCCS2)cc1. The highest BCUT2D eigenvalue weighted by Gasteiger charge is 2.13. The number of nitrogens with two attached hydrogens (primary N) is 1. The highest BCUT2D eigenvalue weighted by atomic mass is 32.2. The summed E-state index contributed by atoms with van der Waals surface area (Å²) in [5.41, 5.74) is 0.938. The van der Waals surface area contributed by atoms with Crippen molar-refractivity contribution in [2.45, 2.75) is 29.4 Å². The van der Waals surface area contributed by atoms with E-state index in [1.54, 1.807) is 12.1 Å². The molecule has 1 saturated heterocycles. The van der Waals surface area contributed by atoms with E-state index in [2.05, 4.69) is 5.32 Å². The van der Waals surface area contributed by atoms with Crippen LogP contribution in [0.1, 0.15) is 19.3 Å². The summed E-state index contributed by atoms with van der Waals surface area (Å²) in [5.74, 6) is 1.25. The molecule has 6 heteroatoms. The van der Waals surface area contributed by atoms with Crippen molar-refractivity contribution in [3.05, 3.63) is 24.3 Å². The van der Waals surface area contributed by atoms with Gasteiger partial charge in [0.15, 0.2) is 0 Å². The fraction of sp³-hybridized carbons (Fsp3) is 0.500. The summed E-state index contributed by atoms with van der Waals surface area (Å²) in [6, 6.07) is 6.58. The highest BCUT2D eigenvalue weighted by Crippen LogP contribution is 2.25. The summed E-state index contributed by atoms with van der Waals surface area (Å²) >= 11 is 2.01. The summed E-state index contributed by atoms with van der Waals surface area (Å²) in [6.07, 6.45) is 3.89. The number of hydrogen-bond acceptors (Lipinski definition) is 4. The number of anilines is 1. The molecule has 1 aliphatic rings. The van der Waals surface area contributed by atoms with Gasteiger partial charge in [0, 0.05) is 17.5 Å². The van der Waals surface area contributed by atoms with Crippen molar-refractivity contribution in [1.82, 2.24) is 0 Å². The minimum atomic E-state index is -3.59. The molecule has 3 N–H and O–H groups in total. The minimum Gasteiger partial charge on any atom is -0.384 e. The Labute approximate surface area is 112 Å². The average Bonchev–Trinajstić information content (AvgIpc) is 2.37. The first-order chi connectivity index (χ1) is 8.55. The molecular formula is C12H18N2O2S2. The Bertz CT molecular complexity index is 479. The van der Waals surface area contributed by atoms with Gasteiger partial charge in [-0.25, -0.2) is 13.6 Å². The third-order valence-electron chi connectivity index (χ3n) is 2.99. The van der Waals surface area contributed by atoms with Crippen LogP contribution >= 0.6 is 11.8 Å². The Hall–Kier alpha value is -0.720. The molecule has 0 aliphatic carbocycles. The second-order valence-electron chi connectivity index (χ2n) is 4.44. The van der Waals surface area contributed by atoms with Crippen LogP contribution < -0.4 is 10.5 Å². The maximum atomic E-state index is 11.1. The van der Waals surface area contributed by atoms with E-state index in [1.165, 1.54) is 37.1 Å². The zero-order chi connectivity index (χ0) is 13.0. The van der Waals surface area contributed by atoms with Gasteiger partial charge in [-0.3, -0.25) is 0 Å². The van der Waals surface area contributed by atoms with Gasteiger partial charge in [-0.1, -0.05) is 6.42 Å². The van der Waals surface area contributed by atoms with Crippen LogP contribution in [0.3, 0.4) is 0 Å². The van der Waals surface area contributed by atoms with Crippen molar-refractivity contribution in [2.24, 2.45) is 5.14 Å². The van der Waals surface area contributed by atoms with E-state index in [1.807, 2.05) is 11.8 Å². The van der Waals surface area contributed by atoms with E-state index in [-0.39, 0.29) is 4.90 Å². The van der Waals surface area contributed by atoms with Crippen molar-refractivity contribution in [2.75, 3.05) is 17.6 Å². The monoisotopic (exact) mass is 286 g/mol. The summed E-state index contributed by atoms with van der Waals surface area (Å²) in [4.78, 5) is 0.153. The van der Waals surface area contributed by atoms with Crippen LogP contribution in [0.2, 0.25) is 0 Å². The van der Waals surface area contributed by atoms with Crippen molar-refractivity contribution in [1.29, 1.82) is 0 Å². The van der Waals surface area contributed by atoms with Crippen LogP contribution in [0.5, 0.6) is 0 Å². The predicted molar refractivity (Wildman–Crippen MR) is 76.4 cm³/mol. The molecule has 0 bridgehead atoms. The number of thioether (sulfide) groups is 1. The molecule has 100 valence electrons. The first kappa shape index (κ1) is 13.7. The number of benzene rings is 1.